The van der Waals surface area contributed by atoms with Gasteiger partial charge in [-0.25, -0.2) is 4.98 Å². The first-order valence-corrected chi connectivity index (χ1v) is 12.2. The van der Waals surface area contributed by atoms with Crippen molar-refractivity contribution in [3.8, 4) is 17.2 Å². The van der Waals surface area contributed by atoms with Crippen molar-refractivity contribution in [1.29, 1.82) is 0 Å². The first-order valence-electron chi connectivity index (χ1n) is 11.4. The largest absolute Gasteiger partial charge is 0.493 e. The maximum atomic E-state index is 12.8. The minimum Gasteiger partial charge on any atom is -0.493 e. The fourth-order valence-electron chi connectivity index (χ4n) is 3.91. The number of hydrogen-bond acceptors (Lipinski definition) is 8. The molecule has 184 valence electrons. The van der Waals surface area contributed by atoms with E-state index in [4.69, 9.17) is 19.2 Å². The Morgan fingerprint density at radius 2 is 1.57 bits per heavy atom. The summed E-state index contributed by atoms with van der Waals surface area (Å²) in [5.41, 5.74) is 2.70. The van der Waals surface area contributed by atoms with Gasteiger partial charge >= 0.3 is 0 Å². The van der Waals surface area contributed by atoms with E-state index in [0.29, 0.717) is 47.5 Å². The van der Waals surface area contributed by atoms with Crippen LogP contribution >= 0.6 is 11.3 Å². The van der Waals surface area contributed by atoms with Crippen molar-refractivity contribution in [3.05, 3.63) is 80.7 Å². The predicted octanol–water partition coefficient (Wildman–Crippen LogP) is 4.50. The Kier molecular flexibility index (Phi) is 7.67. The molecule has 0 aliphatic rings. The molecule has 8 nitrogen and oxygen atoms in total. The standard InChI is InChI=1S/C26H30N4O4S/c1-17(2)25-28-30-23(31)13-20(27-26(30)35-25)16-29(14-18-9-7-6-8-10-18)15-19-11-21(32-3)24(34-5)22(12-19)33-4/h6-13,17H,14-16H2,1-5H3. The van der Waals surface area contributed by atoms with Gasteiger partial charge in [0.15, 0.2) is 11.5 Å². The quantitative estimate of drug-likeness (QED) is 0.321. The molecule has 4 rings (SSSR count). The fourth-order valence-corrected chi connectivity index (χ4v) is 4.83. The molecule has 0 aliphatic carbocycles. The van der Waals surface area contributed by atoms with E-state index in [0.717, 1.165) is 16.1 Å². The summed E-state index contributed by atoms with van der Waals surface area (Å²) >= 11 is 1.46. The second kappa shape index (κ2) is 10.9. The van der Waals surface area contributed by atoms with Gasteiger partial charge in [0.2, 0.25) is 10.7 Å². The van der Waals surface area contributed by atoms with Crippen LogP contribution in [0.1, 0.15) is 41.6 Å². The van der Waals surface area contributed by atoms with E-state index in [9.17, 15) is 4.79 Å². The monoisotopic (exact) mass is 494 g/mol. The Morgan fingerprint density at radius 3 is 2.17 bits per heavy atom. The second-order valence-corrected chi connectivity index (χ2v) is 9.53. The fraction of sp³-hybridized carbons (Fsp3) is 0.346. The number of nitrogens with zero attached hydrogens (tertiary/aromatic N) is 4. The lowest BCUT2D eigenvalue weighted by atomic mass is 10.1. The molecule has 0 spiro atoms. The van der Waals surface area contributed by atoms with Crippen LogP contribution in [0.4, 0.5) is 0 Å². The maximum absolute atomic E-state index is 12.8. The van der Waals surface area contributed by atoms with Crippen LogP contribution in [0.2, 0.25) is 0 Å². The summed E-state index contributed by atoms with van der Waals surface area (Å²) in [7, 11) is 4.80. The number of ether oxygens (including phenoxy) is 3. The van der Waals surface area contributed by atoms with Crippen molar-refractivity contribution in [3.63, 3.8) is 0 Å². The Morgan fingerprint density at radius 1 is 0.914 bits per heavy atom. The van der Waals surface area contributed by atoms with Crippen molar-refractivity contribution >= 4 is 16.3 Å². The van der Waals surface area contributed by atoms with Crippen LogP contribution in [0.3, 0.4) is 0 Å². The molecule has 2 aromatic carbocycles. The molecular formula is C26H30N4O4S. The lowest BCUT2D eigenvalue weighted by Crippen LogP contribution is -2.25. The van der Waals surface area contributed by atoms with Crippen molar-refractivity contribution in [2.24, 2.45) is 0 Å². The molecule has 0 amide bonds. The van der Waals surface area contributed by atoms with Gasteiger partial charge in [-0.15, -0.1) is 0 Å². The summed E-state index contributed by atoms with van der Waals surface area (Å²) in [6, 6.07) is 15.7. The van der Waals surface area contributed by atoms with E-state index in [1.54, 1.807) is 27.4 Å². The minimum atomic E-state index is -0.166. The Labute approximate surface area is 208 Å². The van der Waals surface area contributed by atoms with Gasteiger partial charge in [-0.2, -0.15) is 9.61 Å². The van der Waals surface area contributed by atoms with Crippen LogP contribution in [-0.2, 0) is 19.6 Å². The lowest BCUT2D eigenvalue weighted by Gasteiger charge is -2.23. The van der Waals surface area contributed by atoms with Gasteiger partial charge < -0.3 is 14.2 Å². The zero-order valence-corrected chi connectivity index (χ0v) is 21.5. The highest BCUT2D eigenvalue weighted by molar-refractivity contribution is 7.16. The highest BCUT2D eigenvalue weighted by atomic mass is 32.1. The van der Waals surface area contributed by atoms with Gasteiger partial charge in [0, 0.05) is 31.6 Å². The zero-order chi connectivity index (χ0) is 24.9. The molecule has 0 radical (unpaired) electrons. The number of rotatable bonds is 10. The lowest BCUT2D eigenvalue weighted by molar-refractivity contribution is 0.243. The number of aromatic nitrogens is 3. The summed E-state index contributed by atoms with van der Waals surface area (Å²) in [5.74, 6) is 1.99. The number of hydrogen-bond donors (Lipinski definition) is 0. The van der Waals surface area contributed by atoms with E-state index >= 15 is 0 Å². The van der Waals surface area contributed by atoms with Crippen molar-refractivity contribution in [2.45, 2.75) is 39.4 Å². The average Bonchev–Trinajstić information content (AvgIpc) is 3.29. The van der Waals surface area contributed by atoms with E-state index in [-0.39, 0.29) is 11.5 Å². The topological polar surface area (TPSA) is 78.2 Å². The van der Waals surface area contributed by atoms with Crippen LogP contribution in [-0.4, -0.2) is 40.8 Å². The third-order valence-corrected chi connectivity index (χ3v) is 6.78. The van der Waals surface area contributed by atoms with Gasteiger partial charge in [-0.1, -0.05) is 55.5 Å². The third kappa shape index (κ3) is 5.63. The zero-order valence-electron chi connectivity index (χ0n) is 20.6. The Bertz CT molecular complexity index is 1330. The number of fused-ring (bicyclic) bond motifs is 1. The molecule has 2 aromatic heterocycles. The minimum absolute atomic E-state index is 0.166. The molecule has 0 N–H and O–H groups in total. The molecule has 0 aliphatic heterocycles. The SMILES string of the molecule is COc1cc(CN(Cc2ccccc2)Cc2cc(=O)n3nc(C(C)C)sc3n2)cc(OC)c1OC. The molecule has 4 aromatic rings. The summed E-state index contributed by atoms with van der Waals surface area (Å²) in [5, 5.41) is 5.32. The number of methoxy groups -OCH3 is 3. The van der Waals surface area contributed by atoms with E-state index < -0.39 is 0 Å². The molecular weight excluding hydrogens is 464 g/mol. The van der Waals surface area contributed by atoms with Gasteiger partial charge in [-0.05, 0) is 23.3 Å². The smallest absolute Gasteiger partial charge is 0.275 e. The van der Waals surface area contributed by atoms with Crippen LogP contribution in [0, 0.1) is 0 Å². The normalized spacial score (nSPS) is 11.4. The van der Waals surface area contributed by atoms with E-state index in [1.807, 2.05) is 30.3 Å². The first-order chi connectivity index (χ1) is 16.9. The average molecular weight is 495 g/mol. The maximum Gasteiger partial charge on any atom is 0.275 e. The van der Waals surface area contributed by atoms with Crippen molar-refractivity contribution in [1.82, 2.24) is 19.5 Å². The molecule has 0 saturated carbocycles. The molecule has 0 fully saturated rings. The van der Waals surface area contributed by atoms with E-state index in [2.05, 4.69) is 36.0 Å². The molecule has 0 unspecified atom stereocenters. The van der Waals surface area contributed by atoms with Gasteiger partial charge in [-0.3, -0.25) is 9.69 Å². The summed E-state index contributed by atoms with van der Waals surface area (Å²) < 4.78 is 17.9. The molecule has 35 heavy (non-hydrogen) atoms. The van der Waals surface area contributed by atoms with Crippen LogP contribution in [0.25, 0.3) is 4.96 Å². The summed E-state index contributed by atoms with van der Waals surface area (Å²) in [6.45, 7) is 5.88. The summed E-state index contributed by atoms with van der Waals surface area (Å²) in [6.07, 6.45) is 0. The van der Waals surface area contributed by atoms with Gasteiger partial charge in [0.05, 0.1) is 27.0 Å². The molecule has 0 atom stereocenters. The third-order valence-electron chi connectivity index (χ3n) is 5.57. The van der Waals surface area contributed by atoms with E-state index in [1.165, 1.54) is 15.9 Å². The van der Waals surface area contributed by atoms with Crippen LogP contribution in [0.5, 0.6) is 17.2 Å². The van der Waals surface area contributed by atoms with Crippen molar-refractivity contribution in [2.75, 3.05) is 21.3 Å². The van der Waals surface area contributed by atoms with Gasteiger partial charge in [0.1, 0.15) is 5.01 Å². The van der Waals surface area contributed by atoms with Crippen molar-refractivity contribution < 1.29 is 14.2 Å². The Hall–Kier alpha value is -3.43. The number of benzene rings is 2. The van der Waals surface area contributed by atoms with Crippen LogP contribution < -0.4 is 19.8 Å². The molecule has 2 heterocycles. The molecule has 0 saturated heterocycles. The second-order valence-electron chi connectivity index (χ2n) is 8.54. The Balaban J connectivity index is 1.68. The van der Waals surface area contributed by atoms with Crippen LogP contribution in [0.15, 0.2) is 53.3 Å². The highest BCUT2D eigenvalue weighted by Gasteiger charge is 2.18. The highest BCUT2D eigenvalue weighted by Crippen LogP contribution is 2.38. The molecule has 9 heteroatoms. The molecule has 0 bridgehead atoms. The predicted molar refractivity (Wildman–Crippen MR) is 137 cm³/mol. The van der Waals surface area contributed by atoms with Gasteiger partial charge in [0.25, 0.3) is 5.56 Å². The first kappa shape index (κ1) is 24.7. The summed E-state index contributed by atoms with van der Waals surface area (Å²) in [4.78, 5) is 20.4.